The Bertz CT molecular complexity index is 915. The van der Waals surface area contributed by atoms with Gasteiger partial charge in [0.25, 0.3) is 0 Å². The maximum absolute atomic E-state index is 2.36. The van der Waals surface area contributed by atoms with Crippen LogP contribution in [0.25, 0.3) is 21.5 Å². The summed E-state index contributed by atoms with van der Waals surface area (Å²) in [7, 11) is 0. The van der Waals surface area contributed by atoms with E-state index in [1.54, 1.807) is 0 Å². The summed E-state index contributed by atoms with van der Waals surface area (Å²) in [5.74, 6) is 0.683. The van der Waals surface area contributed by atoms with E-state index in [-0.39, 0.29) is 0 Å². The van der Waals surface area contributed by atoms with Gasteiger partial charge in [-0.2, -0.15) is 0 Å². The lowest BCUT2D eigenvalue weighted by Crippen LogP contribution is -2.07. The zero-order valence-electron chi connectivity index (χ0n) is 14.8. The molecule has 0 atom stereocenters. The zero-order valence-corrected chi connectivity index (χ0v) is 14.8. The van der Waals surface area contributed by atoms with Gasteiger partial charge in [-0.1, -0.05) is 98.3 Å². The summed E-state index contributed by atoms with van der Waals surface area (Å²) in [6.45, 7) is 2.31. The minimum absolute atomic E-state index is 0.683. The van der Waals surface area contributed by atoms with Gasteiger partial charge in [-0.15, -0.1) is 0 Å². The van der Waals surface area contributed by atoms with Crippen LogP contribution in [-0.4, -0.2) is 0 Å². The van der Waals surface area contributed by atoms with E-state index >= 15 is 0 Å². The van der Waals surface area contributed by atoms with Crippen molar-refractivity contribution in [2.45, 2.75) is 26.2 Å². The fourth-order valence-corrected chi connectivity index (χ4v) is 3.76. The maximum Gasteiger partial charge on any atom is -0.0181 e. The lowest BCUT2D eigenvalue weighted by Gasteiger charge is -2.16. The summed E-state index contributed by atoms with van der Waals surface area (Å²) in [5, 5.41) is 5.35. The first-order valence-corrected chi connectivity index (χ1v) is 9.27. The van der Waals surface area contributed by atoms with Gasteiger partial charge in [-0.05, 0) is 51.4 Å². The molecule has 0 unspecified atom stereocenters. The molecule has 4 aromatic carbocycles. The van der Waals surface area contributed by atoms with Crippen LogP contribution in [0.15, 0.2) is 84.9 Å². The Kier molecular flexibility index (Phi) is 4.52. The first-order chi connectivity index (χ1) is 12.3. The highest BCUT2D eigenvalue weighted by molar-refractivity contribution is 5.83. The molecule has 0 aromatic heterocycles. The fraction of sp³-hybridized carbons (Fsp3) is 0.200. The van der Waals surface area contributed by atoms with Crippen molar-refractivity contribution in [1.29, 1.82) is 0 Å². The summed E-state index contributed by atoms with van der Waals surface area (Å²) >= 11 is 0. The SMILES string of the molecule is CCC(Cc1ccc2ccccc2c1)Cc1ccc2ccccc2c1. The Labute approximate surface area is 150 Å². The van der Waals surface area contributed by atoms with E-state index in [1.165, 1.54) is 39.1 Å². The largest absolute Gasteiger partial charge is 0.0651 e. The molecule has 4 rings (SSSR count). The highest BCUT2D eigenvalue weighted by Gasteiger charge is 2.10. The fourth-order valence-electron chi connectivity index (χ4n) is 3.76. The first-order valence-electron chi connectivity index (χ1n) is 9.27. The predicted octanol–water partition coefficient (Wildman–Crippen LogP) is 6.80. The smallest absolute Gasteiger partial charge is 0.0181 e. The summed E-state index contributed by atoms with van der Waals surface area (Å²) < 4.78 is 0. The van der Waals surface area contributed by atoms with Crippen LogP contribution >= 0.6 is 0 Å². The average Bonchev–Trinajstić information content (AvgIpc) is 2.67. The molecule has 25 heavy (non-hydrogen) atoms. The Hall–Kier alpha value is -2.60. The third-order valence-electron chi connectivity index (χ3n) is 5.25. The van der Waals surface area contributed by atoms with Gasteiger partial charge in [-0.25, -0.2) is 0 Å². The van der Waals surface area contributed by atoms with Gasteiger partial charge in [0.1, 0.15) is 0 Å². The monoisotopic (exact) mass is 324 g/mol. The topological polar surface area (TPSA) is 0 Å². The molecule has 0 aliphatic heterocycles. The Balaban J connectivity index is 1.54. The molecular weight excluding hydrogens is 300 g/mol. The molecule has 0 spiro atoms. The third kappa shape index (κ3) is 3.58. The van der Waals surface area contributed by atoms with Crippen LogP contribution < -0.4 is 0 Å². The van der Waals surface area contributed by atoms with Gasteiger partial charge in [-0.3, -0.25) is 0 Å². The van der Waals surface area contributed by atoms with Crippen molar-refractivity contribution in [3.63, 3.8) is 0 Å². The van der Waals surface area contributed by atoms with Crippen molar-refractivity contribution < 1.29 is 0 Å². The standard InChI is InChI=1S/C25H24/c1-2-19(15-20-11-13-22-7-3-5-9-24(22)17-20)16-21-12-14-23-8-4-6-10-25(23)18-21/h3-14,17-19H,2,15-16H2,1H3. The summed E-state index contributed by atoms with van der Waals surface area (Å²) in [6, 6.07) is 31.1. The second-order valence-electron chi connectivity index (χ2n) is 7.05. The van der Waals surface area contributed by atoms with Crippen LogP contribution in [0.2, 0.25) is 0 Å². The zero-order chi connectivity index (χ0) is 17.1. The molecule has 0 radical (unpaired) electrons. The maximum atomic E-state index is 2.36. The van der Waals surface area contributed by atoms with Crippen molar-refractivity contribution in [3.8, 4) is 0 Å². The Morgan fingerprint density at radius 3 is 1.44 bits per heavy atom. The molecule has 0 fully saturated rings. The third-order valence-corrected chi connectivity index (χ3v) is 5.25. The van der Waals surface area contributed by atoms with Crippen molar-refractivity contribution in [1.82, 2.24) is 0 Å². The van der Waals surface area contributed by atoms with Crippen LogP contribution in [0.1, 0.15) is 24.5 Å². The van der Waals surface area contributed by atoms with Crippen LogP contribution in [-0.2, 0) is 12.8 Å². The highest BCUT2D eigenvalue weighted by atomic mass is 14.1. The lowest BCUT2D eigenvalue weighted by atomic mass is 9.89. The number of hydrogen-bond acceptors (Lipinski definition) is 0. The Morgan fingerprint density at radius 1 is 0.560 bits per heavy atom. The van der Waals surface area contributed by atoms with Crippen molar-refractivity contribution in [2.75, 3.05) is 0 Å². The summed E-state index contributed by atoms with van der Waals surface area (Å²) in [4.78, 5) is 0. The van der Waals surface area contributed by atoms with Crippen molar-refractivity contribution in [3.05, 3.63) is 96.1 Å². The van der Waals surface area contributed by atoms with Crippen molar-refractivity contribution >= 4 is 21.5 Å². The highest BCUT2D eigenvalue weighted by Crippen LogP contribution is 2.23. The first kappa shape index (κ1) is 15.9. The van der Waals surface area contributed by atoms with E-state index in [9.17, 15) is 0 Å². The van der Waals surface area contributed by atoms with E-state index in [2.05, 4.69) is 91.9 Å². The second kappa shape index (κ2) is 7.11. The van der Waals surface area contributed by atoms with Gasteiger partial charge in [0, 0.05) is 0 Å². The molecule has 0 heteroatoms. The molecule has 4 aromatic rings. The van der Waals surface area contributed by atoms with E-state index in [4.69, 9.17) is 0 Å². The van der Waals surface area contributed by atoms with Crippen LogP contribution in [0.4, 0.5) is 0 Å². The van der Waals surface area contributed by atoms with Gasteiger partial charge in [0.15, 0.2) is 0 Å². The molecule has 0 bridgehead atoms. The number of fused-ring (bicyclic) bond motifs is 2. The molecule has 124 valence electrons. The predicted molar refractivity (Wildman–Crippen MR) is 109 cm³/mol. The molecule has 0 aliphatic rings. The second-order valence-corrected chi connectivity index (χ2v) is 7.05. The molecule has 0 heterocycles. The molecule has 0 N–H and O–H groups in total. The molecule has 0 saturated heterocycles. The number of benzene rings is 4. The van der Waals surface area contributed by atoms with Crippen LogP contribution in [0.5, 0.6) is 0 Å². The van der Waals surface area contributed by atoms with E-state index in [0.717, 1.165) is 12.8 Å². The lowest BCUT2D eigenvalue weighted by molar-refractivity contribution is 0.504. The van der Waals surface area contributed by atoms with Gasteiger partial charge in [0.05, 0.1) is 0 Å². The molecule has 0 nitrogen and oxygen atoms in total. The minimum Gasteiger partial charge on any atom is -0.0651 e. The normalized spacial score (nSPS) is 11.4. The van der Waals surface area contributed by atoms with Crippen LogP contribution in [0.3, 0.4) is 0 Å². The minimum atomic E-state index is 0.683. The molecule has 0 amide bonds. The van der Waals surface area contributed by atoms with Gasteiger partial charge >= 0.3 is 0 Å². The quantitative estimate of drug-likeness (QED) is 0.378. The van der Waals surface area contributed by atoms with E-state index < -0.39 is 0 Å². The summed E-state index contributed by atoms with van der Waals surface area (Å²) in [6.07, 6.45) is 3.50. The molecular formula is C25H24. The number of hydrogen-bond donors (Lipinski definition) is 0. The number of rotatable bonds is 5. The van der Waals surface area contributed by atoms with Gasteiger partial charge in [0.2, 0.25) is 0 Å². The summed E-state index contributed by atoms with van der Waals surface area (Å²) in [5.41, 5.74) is 2.90. The average molecular weight is 324 g/mol. The molecule has 0 saturated carbocycles. The Morgan fingerprint density at radius 2 is 1.00 bits per heavy atom. The van der Waals surface area contributed by atoms with Gasteiger partial charge < -0.3 is 0 Å². The van der Waals surface area contributed by atoms with E-state index in [0.29, 0.717) is 5.92 Å². The molecule has 0 aliphatic carbocycles. The van der Waals surface area contributed by atoms with Crippen LogP contribution in [0, 0.1) is 5.92 Å². The van der Waals surface area contributed by atoms with E-state index in [1.807, 2.05) is 0 Å². The van der Waals surface area contributed by atoms with Crippen molar-refractivity contribution in [2.24, 2.45) is 5.92 Å².